The molecular formula is C24H27N5O3. The molecule has 5 heterocycles. The first-order chi connectivity index (χ1) is 15.5. The minimum atomic E-state index is -0.356. The smallest absolute Gasteiger partial charge is 0.223 e. The third kappa shape index (κ3) is 2.92. The van der Waals surface area contributed by atoms with Gasteiger partial charge in [-0.2, -0.15) is 5.10 Å². The van der Waals surface area contributed by atoms with Gasteiger partial charge < -0.3 is 20.2 Å². The largest absolute Gasteiger partial charge is 0.484 e. The summed E-state index contributed by atoms with van der Waals surface area (Å²) >= 11 is 0. The number of rotatable bonds is 5. The van der Waals surface area contributed by atoms with Crippen LogP contribution in [0.15, 0.2) is 34.5 Å². The maximum Gasteiger partial charge on any atom is 0.223 e. The monoisotopic (exact) mass is 433 g/mol. The van der Waals surface area contributed by atoms with E-state index < -0.39 is 0 Å². The lowest BCUT2D eigenvalue weighted by Gasteiger charge is -2.42. The molecule has 2 N–H and O–H groups in total. The van der Waals surface area contributed by atoms with E-state index in [0.29, 0.717) is 25.3 Å². The summed E-state index contributed by atoms with van der Waals surface area (Å²) in [5, 5.41) is 5.05. The molecule has 1 aliphatic carbocycles. The van der Waals surface area contributed by atoms with Crippen molar-refractivity contribution in [3.63, 3.8) is 0 Å². The van der Waals surface area contributed by atoms with Gasteiger partial charge in [-0.3, -0.25) is 14.8 Å². The molecular weight excluding hydrogens is 406 g/mol. The lowest BCUT2D eigenvalue weighted by molar-refractivity contribution is -0.128. The molecule has 166 valence electrons. The Labute approximate surface area is 186 Å². The van der Waals surface area contributed by atoms with Gasteiger partial charge in [0.1, 0.15) is 17.6 Å². The van der Waals surface area contributed by atoms with Gasteiger partial charge in [0, 0.05) is 36.3 Å². The number of hydrogen-bond acceptors (Lipinski definition) is 7. The maximum atomic E-state index is 12.1. The van der Waals surface area contributed by atoms with Crippen molar-refractivity contribution >= 4 is 28.7 Å². The molecule has 1 saturated carbocycles. The van der Waals surface area contributed by atoms with Crippen LogP contribution in [0.2, 0.25) is 0 Å². The molecule has 2 bridgehead atoms. The highest BCUT2D eigenvalue weighted by Crippen LogP contribution is 2.60. The predicted molar refractivity (Wildman–Crippen MR) is 121 cm³/mol. The zero-order valence-electron chi connectivity index (χ0n) is 18.2. The van der Waals surface area contributed by atoms with Crippen molar-refractivity contribution in [1.29, 1.82) is 0 Å². The van der Waals surface area contributed by atoms with E-state index in [1.165, 1.54) is 5.56 Å². The van der Waals surface area contributed by atoms with Gasteiger partial charge >= 0.3 is 0 Å². The zero-order chi connectivity index (χ0) is 21.9. The Kier molecular flexibility index (Phi) is 4.30. The molecule has 5 aliphatic rings. The molecule has 8 heteroatoms. The Balaban J connectivity index is 1.19. The molecule has 8 nitrogen and oxygen atoms in total. The normalized spacial score (nSPS) is 29.8. The number of fused-ring (bicyclic) bond motifs is 3. The number of aromatic nitrogens is 1. The van der Waals surface area contributed by atoms with Crippen molar-refractivity contribution in [2.75, 3.05) is 13.2 Å². The fourth-order valence-corrected chi connectivity index (χ4v) is 6.04. The molecule has 1 unspecified atom stereocenters. The maximum absolute atomic E-state index is 12.1. The SMILES string of the molecule is CC(Oc1ccc2ncc3c(c2c1)CCOC3)/C(C=NC12CN3C(=O)CCC3(C1)C2)=N/N. The Morgan fingerprint density at radius 1 is 1.38 bits per heavy atom. The standard InChI is InChI=1S/C24H27N5O3/c1-15(21(28-25)10-27-23-12-24(13-23)6-4-22(30)29(24)14-23)32-17-2-3-20-19(8-17)18-5-7-31-11-16(18)9-26-20/h2-3,8-10,15H,4-7,11-14,25H2,1H3/b27-10?,28-21+. The predicted octanol–water partition coefficient (Wildman–Crippen LogP) is 2.37. The topological polar surface area (TPSA) is 102 Å². The van der Waals surface area contributed by atoms with Gasteiger partial charge in [-0.05, 0) is 61.9 Å². The second-order valence-electron chi connectivity index (χ2n) is 9.60. The number of nitrogens with two attached hydrogens (primary N) is 1. The minimum Gasteiger partial charge on any atom is -0.484 e. The number of hydrazone groups is 1. The number of hydrogen-bond donors (Lipinski definition) is 1. The van der Waals surface area contributed by atoms with E-state index in [0.717, 1.165) is 54.5 Å². The van der Waals surface area contributed by atoms with Gasteiger partial charge in [0.25, 0.3) is 0 Å². The highest BCUT2D eigenvalue weighted by Gasteiger charge is 2.68. The lowest BCUT2D eigenvalue weighted by atomic mass is 9.67. The average molecular weight is 434 g/mol. The Morgan fingerprint density at radius 3 is 3.06 bits per heavy atom. The summed E-state index contributed by atoms with van der Waals surface area (Å²) in [5.41, 5.74) is 3.84. The summed E-state index contributed by atoms with van der Waals surface area (Å²) in [5.74, 6) is 6.70. The number of amides is 1. The van der Waals surface area contributed by atoms with Gasteiger partial charge in [-0.15, -0.1) is 0 Å². The number of nitrogens with zero attached hydrogens (tertiary/aromatic N) is 4. The molecule has 0 radical (unpaired) electrons. The molecule has 32 heavy (non-hydrogen) atoms. The first-order valence-electron chi connectivity index (χ1n) is 11.3. The fourth-order valence-electron chi connectivity index (χ4n) is 6.04. The van der Waals surface area contributed by atoms with Gasteiger partial charge in [-0.1, -0.05) is 0 Å². The second-order valence-corrected chi connectivity index (χ2v) is 9.60. The second kappa shape index (κ2) is 7.00. The van der Waals surface area contributed by atoms with Crippen LogP contribution in [-0.2, 0) is 22.6 Å². The van der Waals surface area contributed by atoms with Gasteiger partial charge in [0.05, 0.1) is 24.3 Å². The molecule has 7 rings (SSSR count). The van der Waals surface area contributed by atoms with Crippen LogP contribution in [0.5, 0.6) is 5.75 Å². The van der Waals surface area contributed by atoms with Crippen LogP contribution in [0.3, 0.4) is 0 Å². The molecule has 4 aliphatic heterocycles. The summed E-state index contributed by atoms with van der Waals surface area (Å²) in [7, 11) is 0. The zero-order valence-corrected chi connectivity index (χ0v) is 18.2. The van der Waals surface area contributed by atoms with E-state index >= 15 is 0 Å². The summed E-state index contributed by atoms with van der Waals surface area (Å²) in [6, 6.07) is 5.95. The average Bonchev–Trinajstić information content (AvgIpc) is 3.39. The van der Waals surface area contributed by atoms with Crippen molar-refractivity contribution in [1.82, 2.24) is 9.88 Å². The van der Waals surface area contributed by atoms with Crippen LogP contribution in [0.25, 0.3) is 10.9 Å². The number of carbonyl (C=O) groups excluding carboxylic acids is 1. The van der Waals surface area contributed by atoms with Crippen molar-refractivity contribution in [3.05, 3.63) is 35.5 Å². The van der Waals surface area contributed by atoms with Crippen LogP contribution >= 0.6 is 0 Å². The van der Waals surface area contributed by atoms with Crippen molar-refractivity contribution in [2.24, 2.45) is 15.9 Å². The van der Waals surface area contributed by atoms with Crippen LogP contribution < -0.4 is 10.6 Å². The van der Waals surface area contributed by atoms with Crippen molar-refractivity contribution in [2.45, 2.75) is 62.8 Å². The van der Waals surface area contributed by atoms with Crippen LogP contribution in [0.4, 0.5) is 0 Å². The molecule has 1 spiro atoms. The van der Waals surface area contributed by atoms with E-state index in [4.69, 9.17) is 20.3 Å². The quantitative estimate of drug-likeness (QED) is 0.443. The Morgan fingerprint density at radius 2 is 2.25 bits per heavy atom. The summed E-state index contributed by atoms with van der Waals surface area (Å²) in [6.45, 7) is 3.96. The molecule has 2 aromatic rings. The highest BCUT2D eigenvalue weighted by molar-refractivity contribution is 6.32. The number of aliphatic imine (C=N–C) groups is 1. The minimum absolute atomic E-state index is 0.0693. The summed E-state index contributed by atoms with van der Waals surface area (Å²) < 4.78 is 11.8. The summed E-state index contributed by atoms with van der Waals surface area (Å²) in [6.07, 6.45) is 7.70. The molecule has 4 fully saturated rings. The van der Waals surface area contributed by atoms with E-state index in [1.54, 1.807) is 6.21 Å². The molecule has 1 amide bonds. The number of ether oxygens (including phenoxy) is 2. The number of pyridine rings is 1. The molecule has 1 atom stereocenters. The van der Waals surface area contributed by atoms with Gasteiger partial charge in [0.15, 0.2) is 0 Å². The van der Waals surface area contributed by atoms with E-state index in [1.807, 2.05) is 36.2 Å². The fraction of sp³-hybridized carbons (Fsp3) is 0.500. The van der Waals surface area contributed by atoms with Crippen LogP contribution in [-0.4, -0.2) is 58.1 Å². The molecule has 1 aromatic heterocycles. The van der Waals surface area contributed by atoms with Crippen LogP contribution in [0.1, 0.15) is 43.7 Å². The van der Waals surface area contributed by atoms with E-state index in [2.05, 4.69) is 10.1 Å². The van der Waals surface area contributed by atoms with Gasteiger partial charge in [-0.25, -0.2) is 0 Å². The van der Waals surface area contributed by atoms with Crippen molar-refractivity contribution < 1.29 is 14.3 Å². The Hall–Kier alpha value is -3.00. The third-order valence-corrected chi connectivity index (χ3v) is 7.59. The van der Waals surface area contributed by atoms with Crippen molar-refractivity contribution in [3.8, 4) is 5.75 Å². The van der Waals surface area contributed by atoms with E-state index in [9.17, 15) is 4.79 Å². The van der Waals surface area contributed by atoms with Crippen LogP contribution in [0, 0.1) is 0 Å². The first-order valence-corrected chi connectivity index (χ1v) is 11.3. The van der Waals surface area contributed by atoms with E-state index in [-0.39, 0.29) is 23.1 Å². The highest BCUT2D eigenvalue weighted by atomic mass is 16.5. The first kappa shape index (κ1) is 19.7. The lowest BCUT2D eigenvalue weighted by Crippen LogP contribution is -2.49. The summed E-state index contributed by atoms with van der Waals surface area (Å²) in [4.78, 5) is 23.6. The Bertz CT molecular complexity index is 1170. The number of carbonyl (C=O) groups is 1. The third-order valence-electron chi connectivity index (χ3n) is 7.59. The molecule has 1 aromatic carbocycles. The van der Waals surface area contributed by atoms with Gasteiger partial charge in [0.2, 0.25) is 5.91 Å². The molecule has 3 saturated heterocycles. The number of benzene rings is 1.